The van der Waals surface area contributed by atoms with Crippen LogP contribution in [-0.2, 0) is 4.79 Å². The van der Waals surface area contributed by atoms with Crippen molar-refractivity contribution in [1.29, 1.82) is 0 Å². The van der Waals surface area contributed by atoms with Crippen LogP contribution in [0.3, 0.4) is 0 Å². The Labute approximate surface area is 135 Å². The van der Waals surface area contributed by atoms with E-state index in [2.05, 4.69) is 20.9 Å². The van der Waals surface area contributed by atoms with Crippen molar-refractivity contribution in [1.82, 2.24) is 14.9 Å². The molecule has 0 atom stereocenters. The zero-order chi connectivity index (χ0) is 16.2. The van der Waals surface area contributed by atoms with Gasteiger partial charge < -0.3 is 20.6 Å². The number of benzene rings is 1. The van der Waals surface area contributed by atoms with Crippen molar-refractivity contribution < 1.29 is 14.3 Å². The van der Waals surface area contributed by atoms with E-state index < -0.39 is 0 Å². The van der Waals surface area contributed by atoms with Gasteiger partial charge in [0.25, 0.3) is 5.95 Å². The van der Waals surface area contributed by atoms with E-state index in [9.17, 15) is 4.79 Å². The number of amides is 1. The van der Waals surface area contributed by atoms with Gasteiger partial charge in [-0.3, -0.25) is 10.2 Å². The second-order valence-corrected chi connectivity index (χ2v) is 5.46. The van der Waals surface area contributed by atoms with E-state index in [4.69, 9.17) is 21.2 Å². The summed E-state index contributed by atoms with van der Waals surface area (Å²) in [6.45, 7) is 1.01. The number of ether oxygens (including phenoxy) is 2. The number of fused-ring (bicyclic) bond motifs is 1. The molecule has 0 radical (unpaired) electrons. The number of anilines is 2. The van der Waals surface area contributed by atoms with Gasteiger partial charge in [-0.15, -0.1) is 10.2 Å². The first-order valence-corrected chi connectivity index (χ1v) is 7.65. The van der Waals surface area contributed by atoms with Crippen molar-refractivity contribution in [2.24, 2.45) is 5.84 Å². The number of nitrogen functional groups attached to an aromatic ring is 2. The molecule has 1 aliphatic rings. The summed E-state index contributed by atoms with van der Waals surface area (Å²) in [6.07, 6.45) is 0. The number of rotatable bonds is 5. The topological polar surface area (TPSA) is 142 Å². The average Bonchev–Trinajstić information content (AvgIpc) is 2.93. The van der Waals surface area contributed by atoms with Gasteiger partial charge in [0.1, 0.15) is 13.2 Å². The smallest absolute Gasteiger partial charge is 0.258 e. The zero-order valence-electron chi connectivity index (χ0n) is 12.0. The highest BCUT2D eigenvalue weighted by Crippen LogP contribution is 2.32. The van der Waals surface area contributed by atoms with E-state index in [0.717, 1.165) is 11.8 Å². The molecule has 1 amide bonds. The second-order valence-electron chi connectivity index (χ2n) is 4.52. The summed E-state index contributed by atoms with van der Waals surface area (Å²) in [6, 6.07) is 5.23. The minimum absolute atomic E-state index is 0.119. The molecule has 11 heteroatoms. The molecular formula is C12H15N7O3S. The number of nitrogens with zero attached hydrogens (tertiary/aromatic N) is 3. The molecule has 1 aromatic heterocycles. The van der Waals surface area contributed by atoms with Crippen LogP contribution in [0.1, 0.15) is 0 Å². The Bertz CT molecular complexity index is 721. The molecule has 23 heavy (non-hydrogen) atoms. The summed E-state index contributed by atoms with van der Waals surface area (Å²) >= 11 is 1.14. The first-order chi connectivity index (χ1) is 11.2. The minimum atomic E-state index is -0.211. The highest BCUT2D eigenvalue weighted by molar-refractivity contribution is 7.99. The van der Waals surface area contributed by atoms with Gasteiger partial charge in [0.15, 0.2) is 11.5 Å². The van der Waals surface area contributed by atoms with E-state index in [1.807, 2.05) is 0 Å². The summed E-state index contributed by atoms with van der Waals surface area (Å²) in [5, 5.41) is 10.7. The molecule has 1 aliphatic heterocycles. The summed E-state index contributed by atoms with van der Waals surface area (Å²) in [5.41, 5.74) is 2.92. The Morgan fingerprint density at radius 1 is 1.30 bits per heavy atom. The number of hydrogen-bond acceptors (Lipinski definition) is 9. The molecule has 0 saturated carbocycles. The number of thioether (sulfide) groups is 1. The normalized spacial score (nSPS) is 12.7. The van der Waals surface area contributed by atoms with Gasteiger partial charge in [0.05, 0.1) is 5.75 Å². The van der Waals surface area contributed by atoms with Crippen molar-refractivity contribution in [2.45, 2.75) is 5.16 Å². The van der Waals surface area contributed by atoms with E-state index in [0.29, 0.717) is 35.6 Å². The predicted octanol–water partition coefficient (Wildman–Crippen LogP) is -0.221. The van der Waals surface area contributed by atoms with Gasteiger partial charge in [-0.25, -0.2) is 10.5 Å². The lowest BCUT2D eigenvalue weighted by Gasteiger charge is -2.18. The first-order valence-electron chi connectivity index (χ1n) is 6.67. The Morgan fingerprint density at radius 3 is 2.83 bits per heavy atom. The third-order valence-corrected chi connectivity index (χ3v) is 3.90. The van der Waals surface area contributed by atoms with Gasteiger partial charge >= 0.3 is 0 Å². The third-order valence-electron chi connectivity index (χ3n) is 2.95. The lowest BCUT2D eigenvalue weighted by molar-refractivity contribution is -0.113. The van der Waals surface area contributed by atoms with Crippen LogP contribution in [0.25, 0.3) is 0 Å². The maximum Gasteiger partial charge on any atom is 0.258 e. The molecule has 3 rings (SSSR count). The monoisotopic (exact) mass is 337 g/mol. The van der Waals surface area contributed by atoms with E-state index in [1.54, 1.807) is 18.2 Å². The Balaban J connectivity index is 1.58. The van der Waals surface area contributed by atoms with Gasteiger partial charge in [0, 0.05) is 11.8 Å². The predicted molar refractivity (Wildman–Crippen MR) is 84.8 cm³/mol. The number of carbonyl (C=O) groups excluding carboxylic acids is 1. The fourth-order valence-corrected chi connectivity index (χ4v) is 2.58. The molecule has 2 heterocycles. The standard InChI is InChI=1S/C12H15N7O3S/c13-16-11-17-18-12(19(11)14)23-6-10(20)15-7-1-2-8-9(5-7)22-4-3-21-8/h1-2,5H,3-4,6,13-14H2,(H,15,20)(H,16,17). The van der Waals surface area contributed by atoms with Crippen LogP contribution < -0.4 is 31.9 Å². The van der Waals surface area contributed by atoms with Crippen molar-refractivity contribution in [3.8, 4) is 11.5 Å². The van der Waals surface area contributed by atoms with Crippen LogP contribution in [0.4, 0.5) is 11.6 Å². The lowest BCUT2D eigenvalue weighted by atomic mass is 10.2. The molecule has 1 aromatic carbocycles. The fourth-order valence-electron chi connectivity index (χ4n) is 1.92. The maximum absolute atomic E-state index is 12.0. The number of nitrogens with two attached hydrogens (primary N) is 2. The minimum Gasteiger partial charge on any atom is -0.486 e. The van der Waals surface area contributed by atoms with Crippen LogP contribution >= 0.6 is 11.8 Å². The van der Waals surface area contributed by atoms with Crippen LogP contribution in [-0.4, -0.2) is 39.7 Å². The number of nitrogens with one attached hydrogen (secondary N) is 2. The fraction of sp³-hybridized carbons (Fsp3) is 0.250. The first kappa shape index (κ1) is 15.2. The highest BCUT2D eigenvalue weighted by atomic mass is 32.2. The SMILES string of the molecule is NNc1nnc(SCC(=O)Nc2ccc3c(c2)OCCO3)n1N. The molecular weight excluding hydrogens is 322 g/mol. The molecule has 0 bridgehead atoms. The van der Waals surface area contributed by atoms with Gasteiger partial charge in [-0.05, 0) is 12.1 Å². The van der Waals surface area contributed by atoms with Crippen LogP contribution in [0.5, 0.6) is 11.5 Å². The largest absolute Gasteiger partial charge is 0.486 e. The highest BCUT2D eigenvalue weighted by Gasteiger charge is 2.14. The Kier molecular flexibility index (Phi) is 4.39. The molecule has 0 unspecified atom stereocenters. The Morgan fingerprint density at radius 2 is 2.09 bits per heavy atom. The zero-order valence-corrected chi connectivity index (χ0v) is 12.8. The van der Waals surface area contributed by atoms with Crippen molar-refractivity contribution in [3.05, 3.63) is 18.2 Å². The van der Waals surface area contributed by atoms with E-state index in [-0.39, 0.29) is 17.6 Å². The molecule has 0 aliphatic carbocycles. The van der Waals surface area contributed by atoms with Crippen molar-refractivity contribution in [3.63, 3.8) is 0 Å². The van der Waals surface area contributed by atoms with Crippen LogP contribution in [0.15, 0.2) is 23.4 Å². The number of aromatic nitrogens is 3. The Hall–Kier alpha value is -2.66. The van der Waals surface area contributed by atoms with Crippen molar-refractivity contribution in [2.75, 3.05) is 35.6 Å². The van der Waals surface area contributed by atoms with E-state index in [1.165, 1.54) is 4.68 Å². The van der Waals surface area contributed by atoms with Gasteiger partial charge in [-0.1, -0.05) is 11.8 Å². The second kappa shape index (κ2) is 6.62. The number of hydrogen-bond donors (Lipinski definition) is 4. The molecule has 0 fully saturated rings. The molecule has 10 nitrogen and oxygen atoms in total. The molecule has 2 aromatic rings. The summed E-state index contributed by atoms with van der Waals surface area (Å²) in [7, 11) is 0. The molecule has 122 valence electrons. The van der Waals surface area contributed by atoms with Gasteiger partial charge in [0.2, 0.25) is 11.1 Å². The van der Waals surface area contributed by atoms with Crippen molar-refractivity contribution >= 4 is 29.3 Å². The number of hydrazine groups is 1. The molecule has 0 spiro atoms. The summed E-state index contributed by atoms with van der Waals surface area (Å²) in [4.78, 5) is 12.0. The molecule has 6 N–H and O–H groups in total. The third kappa shape index (κ3) is 3.40. The quantitative estimate of drug-likeness (QED) is 0.331. The average molecular weight is 337 g/mol. The summed E-state index contributed by atoms with van der Waals surface area (Å²) < 4.78 is 12.1. The lowest BCUT2D eigenvalue weighted by Crippen LogP contribution is -2.20. The van der Waals surface area contributed by atoms with Crippen LogP contribution in [0.2, 0.25) is 0 Å². The van der Waals surface area contributed by atoms with Crippen LogP contribution in [0, 0.1) is 0 Å². The van der Waals surface area contributed by atoms with Gasteiger partial charge in [-0.2, -0.15) is 0 Å². The maximum atomic E-state index is 12.0. The molecule has 0 saturated heterocycles. The summed E-state index contributed by atoms with van der Waals surface area (Å²) in [5.74, 6) is 12.3. The van der Waals surface area contributed by atoms with E-state index >= 15 is 0 Å². The number of carbonyl (C=O) groups is 1.